The summed E-state index contributed by atoms with van der Waals surface area (Å²) >= 11 is 5.14. The maximum atomic E-state index is 2.57. The molecule has 2 fully saturated rings. The van der Waals surface area contributed by atoms with Crippen LogP contribution < -0.4 is 0 Å². The van der Waals surface area contributed by atoms with Gasteiger partial charge in [-0.05, 0) is 12.8 Å². The first-order valence-electron chi connectivity index (χ1n) is 2.04. The van der Waals surface area contributed by atoms with Crippen molar-refractivity contribution in [2.75, 3.05) is 0 Å². The molecule has 0 nitrogen and oxygen atoms in total. The van der Waals surface area contributed by atoms with E-state index in [9.17, 15) is 0 Å². The summed E-state index contributed by atoms with van der Waals surface area (Å²) in [6, 6.07) is 0. The fourth-order valence-electron chi connectivity index (χ4n) is 0.748. The SMILES string of the molecule is IC12CC1(I)C2. The highest BCUT2D eigenvalue weighted by molar-refractivity contribution is 14.1. The van der Waals surface area contributed by atoms with Crippen LogP contribution in [-0.2, 0) is 0 Å². The Balaban J connectivity index is 2.34. The smallest absolute Gasteiger partial charge is 0.0395 e. The van der Waals surface area contributed by atoms with E-state index in [2.05, 4.69) is 45.2 Å². The predicted octanol–water partition coefficient (Wildman–Crippen LogP) is 2.14. The quantitative estimate of drug-likeness (QED) is 0.475. The summed E-state index contributed by atoms with van der Waals surface area (Å²) in [7, 11) is 0. The topological polar surface area (TPSA) is 0 Å². The molecule has 0 unspecified atom stereocenters. The molecule has 0 aliphatic heterocycles. The zero-order valence-electron chi connectivity index (χ0n) is 3.17. The van der Waals surface area contributed by atoms with Gasteiger partial charge in [0.15, 0.2) is 0 Å². The zero-order valence-corrected chi connectivity index (χ0v) is 7.49. The standard InChI is InChI=1S/C4H4I2/c5-3-1-4(3,6)2-3/h1-2H2. The molecule has 0 bridgehead atoms. The van der Waals surface area contributed by atoms with Crippen molar-refractivity contribution in [2.45, 2.75) is 19.7 Å². The molecule has 0 spiro atoms. The molecule has 0 aromatic rings. The molecule has 2 aliphatic rings. The van der Waals surface area contributed by atoms with Gasteiger partial charge in [-0.15, -0.1) is 0 Å². The van der Waals surface area contributed by atoms with E-state index < -0.39 is 0 Å². The van der Waals surface area contributed by atoms with E-state index >= 15 is 0 Å². The molecule has 0 aromatic carbocycles. The van der Waals surface area contributed by atoms with Crippen LogP contribution >= 0.6 is 45.2 Å². The summed E-state index contributed by atoms with van der Waals surface area (Å²) in [6.45, 7) is 0. The minimum Gasteiger partial charge on any atom is -0.0773 e. The zero-order chi connectivity index (χ0) is 4.41. The van der Waals surface area contributed by atoms with Gasteiger partial charge in [-0.2, -0.15) is 0 Å². The number of fused-ring (bicyclic) bond motifs is 1. The summed E-state index contributed by atoms with van der Waals surface area (Å²) in [5, 5.41) is 0. The summed E-state index contributed by atoms with van der Waals surface area (Å²) in [5.74, 6) is 0. The Morgan fingerprint density at radius 3 is 1.17 bits per heavy atom. The van der Waals surface area contributed by atoms with E-state index in [0.29, 0.717) is 0 Å². The van der Waals surface area contributed by atoms with Gasteiger partial charge >= 0.3 is 0 Å². The highest BCUT2D eigenvalue weighted by atomic mass is 127. The molecule has 0 atom stereocenters. The van der Waals surface area contributed by atoms with Crippen molar-refractivity contribution in [2.24, 2.45) is 0 Å². The van der Waals surface area contributed by atoms with Crippen LogP contribution in [0.25, 0.3) is 0 Å². The van der Waals surface area contributed by atoms with Gasteiger partial charge in [0.05, 0.1) is 0 Å². The van der Waals surface area contributed by atoms with Crippen molar-refractivity contribution in [1.29, 1.82) is 0 Å². The molecule has 0 amide bonds. The number of halogens is 2. The highest BCUT2D eigenvalue weighted by Gasteiger charge is 2.80. The predicted molar refractivity (Wildman–Crippen MR) is 42.7 cm³/mol. The molecular weight excluding hydrogens is 302 g/mol. The van der Waals surface area contributed by atoms with Gasteiger partial charge in [-0.1, -0.05) is 45.2 Å². The number of hydrogen-bond donors (Lipinski definition) is 0. The summed E-state index contributed by atoms with van der Waals surface area (Å²) in [4.78, 5) is 0. The fraction of sp³-hybridized carbons (Fsp3) is 1.00. The molecule has 34 valence electrons. The Hall–Kier alpha value is 1.46. The maximum absolute atomic E-state index is 2.57. The number of hydrogen-bond acceptors (Lipinski definition) is 0. The van der Waals surface area contributed by atoms with Crippen LogP contribution in [0.1, 0.15) is 12.8 Å². The van der Waals surface area contributed by atoms with Gasteiger partial charge in [-0.25, -0.2) is 0 Å². The third-order valence-corrected chi connectivity index (χ3v) is 6.30. The van der Waals surface area contributed by atoms with E-state index in [1.54, 1.807) is 0 Å². The monoisotopic (exact) mass is 306 g/mol. The van der Waals surface area contributed by atoms with E-state index in [-0.39, 0.29) is 0 Å². The second-order valence-corrected chi connectivity index (χ2v) is 6.41. The van der Waals surface area contributed by atoms with Crippen molar-refractivity contribution in [3.05, 3.63) is 0 Å². The van der Waals surface area contributed by atoms with Gasteiger partial charge in [0.25, 0.3) is 0 Å². The fourth-order valence-corrected chi connectivity index (χ4v) is 4.81. The van der Waals surface area contributed by atoms with Crippen molar-refractivity contribution in [3.63, 3.8) is 0 Å². The molecule has 2 heteroatoms. The third kappa shape index (κ3) is 0.319. The van der Waals surface area contributed by atoms with Crippen molar-refractivity contribution < 1.29 is 0 Å². The first kappa shape index (κ1) is 4.35. The average Bonchev–Trinajstić information content (AvgIpc) is 1.78. The van der Waals surface area contributed by atoms with Crippen molar-refractivity contribution in [3.8, 4) is 0 Å². The molecule has 0 aromatic heterocycles. The normalized spacial score (nSPS) is 73.0. The lowest BCUT2D eigenvalue weighted by atomic mass is 10.4. The molecule has 6 heavy (non-hydrogen) atoms. The molecule has 2 rings (SSSR count). The minimum absolute atomic E-state index is 0.811. The van der Waals surface area contributed by atoms with Crippen LogP contribution in [0.4, 0.5) is 0 Å². The summed E-state index contributed by atoms with van der Waals surface area (Å²) in [6.07, 6.45) is 2.97. The lowest BCUT2D eigenvalue weighted by molar-refractivity contribution is 0.998. The Bertz CT molecular complexity index is 90.1. The van der Waals surface area contributed by atoms with Gasteiger partial charge in [0.1, 0.15) is 0 Å². The van der Waals surface area contributed by atoms with E-state index in [1.165, 1.54) is 12.8 Å². The van der Waals surface area contributed by atoms with Crippen molar-refractivity contribution in [1.82, 2.24) is 0 Å². The first-order chi connectivity index (χ1) is 2.66. The molecular formula is C4H4I2. The lowest BCUT2D eigenvalue weighted by Gasteiger charge is -1.79. The van der Waals surface area contributed by atoms with E-state index in [1.807, 2.05) is 0 Å². The maximum Gasteiger partial charge on any atom is 0.0395 e. The van der Waals surface area contributed by atoms with Gasteiger partial charge in [0, 0.05) is 6.84 Å². The van der Waals surface area contributed by atoms with E-state index in [4.69, 9.17) is 0 Å². The lowest BCUT2D eigenvalue weighted by Crippen LogP contribution is -1.73. The summed E-state index contributed by atoms with van der Waals surface area (Å²) < 4.78 is 1.62. The van der Waals surface area contributed by atoms with Crippen LogP contribution in [0.2, 0.25) is 0 Å². The van der Waals surface area contributed by atoms with Gasteiger partial charge in [-0.3, -0.25) is 0 Å². The first-order valence-corrected chi connectivity index (χ1v) is 4.20. The average molecular weight is 306 g/mol. The molecule has 2 saturated carbocycles. The second kappa shape index (κ2) is 0.806. The Labute approximate surface area is 64.3 Å². The Morgan fingerprint density at radius 2 is 1.17 bits per heavy atom. The molecule has 0 saturated heterocycles. The minimum atomic E-state index is 0.811. The van der Waals surface area contributed by atoms with E-state index in [0.717, 1.165) is 6.84 Å². The largest absolute Gasteiger partial charge is 0.0773 e. The molecule has 0 N–H and O–H groups in total. The third-order valence-electron chi connectivity index (χ3n) is 1.67. The highest BCUT2D eigenvalue weighted by Crippen LogP contribution is 2.81. The number of alkyl halides is 2. The molecule has 0 radical (unpaired) electrons. The van der Waals surface area contributed by atoms with Gasteiger partial charge < -0.3 is 0 Å². The second-order valence-electron chi connectivity index (χ2n) is 2.28. The molecule has 0 heterocycles. The summed E-state index contributed by atoms with van der Waals surface area (Å²) in [5.41, 5.74) is 0. The van der Waals surface area contributed by atoms with Gasteiger partial charge in [0.2, 0.25) is 0 Å². The van der Waals surface area contributed by atoms with Crippen LogP contribution in [0.3, 0.4) is 0 Å². The molecule has 2 aliphatic carbocycles. The Morgan fingerprint density at radius 1 is 1.00 bits per heavy atom. The Kier molecular flexibility index (Phi) is 0.584. The van der Waals surface area contributed by atoms with Crippen molar-refractivity contribution >= 4 is 45.2 Å². The number of rotatable bonds is 0. The van der Waals surface area contributed by atoms with Crippen LogP contribution in [0, 0.1) is 0 Å². The van der Waals surface area contributed by atoms with Crippen LogP contribution in [-0.4, -0.2) is 6.84 Å². The van der Waals surface area contributed by atoms with Crippen LogP contribution in [0.5, 0.6) is 0 Å². The van der Waals surface area contributed by atoms with Crippen LogP contribution in [0.15, 0.2) is 0 Å².